The van der Waals surface area contributed by atoms with Gasteiger partial charge < -0.3 is 14.8 Å². The zero-order valence-corrected chi connectivity index (χ0v) is 13.2. The van der Waals surface area contributed by atoms with Gasteiger partial charge in [-0.2, -0.15) is 0 Å². The van der Waals surface area contributed by atoms with Gasteiger partial charge in [-0.25, -0.2) is 0 Å². The monoisotopic (exact) mass is 289 g/mol. The fourth-order valence-corrected chi connectivity index (χ4v) is 3.75. The van der Waals surface area contributed by atoms with E-state index in [1.165, 1.54) is 11.1 Å². The van der Waals surface area contributed by atoms with Crippen molar-refractivity contribution in [3.05, 3.63) is 35.4 Å². The highest BCUT2D eigenvalue weighted by molar-refractivity contribution is 5.22. The maximum Gasteiger partial charge on any atom is 0.0939 e. The Kier molecular flexibility index (Phi) is 4.63. The van der Waals surface area contributed by atoms with E-state index in [0.717, 1.165) is 45.5 Å². The number of hydrogen-bond acceptors (Lipinski definition) is 3. The first-order valence-electron chi connectivity index (χ1n) is 8.15. The van der Waals surface area contributed by atoms with Gasteiger partial charge in [-0.05, 0) is 44.7 Å². The lowest BCUT2D eigenvalue weighted by Gasteiger charge is -2.40. The van der Waals surface area contributed by atoms with Crippen molar-refractivity contribution in [3.63, 3.8) is 0 Å². The third-order valence-corrected chi connectivity index (χ3v) is 5.11. The van der Waals surface area contributed by atoms with Crippen molar-refractivity contribution in [2.24, 2.45) is 5.92 Å². The Morgan fingerprint density at radius 2 is 2.10 bits per heavy atom. The molecule has 3 heteroatoms. The molecule has 3 atom stereocenters. The van der Waals surface area contributed by atoms with Crippen LogP contribution >= 0.6 is 0 Å². The second kappa shape index (κ2) is 6.47. The SMILES string of the molecule is CNC(Cc1ccc(C)cc1)C1CCOC2(CCOC2)C1. The van der Waals surface area contributed by atoms with E-state index in [0.29, 0.717) is 12.0 Å². The summed E-state index contributed by atoms with van der Waals surface area (Å²) in [6.07, 6.45) is 4.44. The van der Waals surface area contributed by atoms with Gasteiger partial charge in [0, 0.05) is 25.7 Å². The largest absolute Gasteiger partial charge is 0.378 e. The van der Waals surface area contributed by atoms with Gasteiger partial charge in [-0.15, -0.1) is 0 Å². The molecule has 2 saturated heterocycles. The van der Waals surface area contributed by atoms with E-state index in [4.69, 9.17) is 9.47 Å². The van der Waals surface area contributed by atoms with E-state index in [-0.39, 0.29) is 5.60 Å². The molecule has 21 heavy (non-hydrogen) atoms. The molecule has 0 bridgehead atoms. The lowest BCUT2D eigenvalue weighted by atomic mass is 9.79. The molecule has 0 radical (unpaired) electrons. The van der Waals surface area contributed by atoms with Gasteiger partial charge in [-0.1, -0.05) is 29.8 Å². The lowest BCUT2D eigenvalue weighted by Crippen LogP contribution is -2.47. The summed E-state index contributed by atoms with van der Waals surface area (Å²) in [5, 5.41) is 3.54. The van der Waals surface area contributed by atoms with Crippen LogP contribution in [0.4, 0.5) is 0 Å². The molecule has 2 heterocycles. The van der Waals surface area contributed by atoms with Crippen LogP contribution in [0.3, 0.4) is 0 Å². The molecule has 2 aliphatic rings. The lowest BCUT2D eigenvalue weighted by molar-refractivity contribution is -0.102. The highest BCUT2D eigenvalue weighted by atomic mass is 16.6. The van der Waals surface area contributed by atoms with Crippen LogP contribution in [-0.2, 0) is 15.9 Å². The van der Waals surface area contributed by atoms with Crippen LogP contribution in [0.5, 0.6) is 0 Å². The minimum atomic E-state index is 0.00525. The normalized spacial score (nSPS) is 30.7. The molecule has 3 nitrogen and oxygen atoms in total. The molecular formula is C18H27NO2. The summed E-state index contributed by atoms with van der Waals surface area (Å²) >= 11 is 0. The maximum atomic E-state index is 6.06. The molecule has 0 saturated carbocycles. The minimum absolute atomic E-state index is 0.00525. The van der Waals surface area contributed by atoms with Crippen LogP contribution in [0.15, 0.2) is 24.3 Å². The van der Waals surface area contributed by atoms with Crippen LogP contribution in [0.25, 0.3) is 0 Å². The van der Waals surface area contributed by atoms with E-state index in [2.05, 4.69) is 43.6 Å². The average molecular weight is 289 g/mol. The topological polar surface area (TPSA) is 30.5 Å². The Bertz CT molecular complexity index is 451. The summed E-state index contributed by atoms with van der Waals surface area (Å²) in [5.41, 5.74) is 2.75. The van der Waals surface area contributed by atoms with Gasteiger partial charge in [0.05, 0.1) is 12.2 Å². The van der Waals surface area contributed by atoms with E-state index >= 15 is 0 Å². The van der Waals surface area contributed by atoms with Crippen LogP contribution in [0.1, 0.15) is 30.4 Å². The van der Waals surface area contributed by atoms with Crippen molar-refractivity contribution in [2.45, 2.75) is 44.2 Å². The van der Waals surface area contributed by atoms with E-state index in [1.54, 1.807) is 0 Å². The quantitative estimate of drug-likeness (QED) is 0.924. The molecule has 1 aromatic rings. The van der Waals surface area contributed by atoms with Crippen LogP contribution in [0.2, 0.25) is 0 Å². The third-order valence-electron chi connectivity index (χ3n) is 5.11. The molecule has 1 aromatic carbocycles. The third kappa shape index (κ3) is 3.47. The first-order valence-corrected chi connectivity index (χ1v) is 8.15. The molecule has 0 amide bonds. The molecule has 3 rings (SSSR count). The fraction of sp³-hybridized carbons (Fsp3) is 0.667. The fourth-order valence-electron chi connectivity index (χ4n) is 3.75. The van der Waals surface area contributed by atoms with Crippen molar-refractivity contribution >= 4 is 0 Å². The van der Waals surface area contributed by atoms with E-state index in [9.17, 15) is 0 Å². The van der Waals surface area contributed by atoms with Gasteiger partial charge in [0.2, 0.25) is 0 Å². The number of likely N-dealkylation sites (N-methyl/N-ethyl adjacent to an activating group) is 1. The molecule has 1 spiro atoms. The minimum Gasteiger partial charge on any atom is -0.378 e. The van der Waals surface area contributed by atoms with Gasteiger partial charge >= 0.3 is 0 Å². The number of benzene rings is 1. The summed E-state index contributed by atoms with van der Waals surface area (Å²) in [5.74, 6) is 0.673. The number of aryl methyl sites for hydroxylation is 1. The zero-order valence-electron chi connectivity index (χ0n) is 13.2. The first kappa shape index (κ1) is 15.0. The number of rotatable bonds is 4. The summed E-state index contributed by atoms with van der Waals surface area (Å²) in [7, 11) is 2.09. The predicted molar refractivity (Wildman–Crippen MR) is 84.6 cm³/mol. The Morgan fingerprint density at radius 3 is 2.76 bits per heavy atom. The number of nitrogens with one attached hydrogen (secondary N) is 1. The van der Waals surface area contributed by atoms with E-state index < -0.39 is 0 Å². The average Bonchev–Trinajstić information content (AvgIpc) is 2.94. The Morgan fingerprint density at radius 1 is 1.29 bits per heavy atom. The molecule has 2 fully saturated rings. The Balaban J connectivity index is 1.66. The maximum absolute atomic E-state index is 6.06. The first-order chi connectivity index (χ1) is 10.2. The summed E-state index contributed by atoms with van der Waals surface area (Å²) in [6, 6.07) is 9.45. The zero-order chi connectivity index (χ0) is 14.7. The summed E-state index contributed by atoms with van der Waals surface area (Å²) in [6.45, 7) is 4.65. The highest BCUT2D eigenvalue weighted by Gasteiger charge is 2.42. The van der Waals surface area contributed by atoms with Crippen molar-refractivity contribution in [1.29, 1.82) is 0 Å². The molecule has 0 aliphatic carbocycles. The standard InChI is InChI=1S/C18H27NO2/c1-14-3-5-15(6-4-14)11-17(19-2)16-7-9-21-18(12-16)8-10-20-13-18/h3-6,16-17,19H,7-13H2,1-2H3. The van der Waals surface area contributed by atoms with Crippen LogP contribution in [-0.4, -0.2) is 38.5 Å². The van der Waals surface area contributed by atoms with Gasteiger partial charge in [0.25, 0.3) is 0 Å². The Labute approximate surface area is 128 Å². The van der Waals surface area contributed by atoms with Gasteiger partial charge in [0.1, 0.15) is 0 Å². The molecule has 0 aromatic heterocycles. The molecule has 3 unspecified atom stereocenters. The van der Waals surface area contributed by atoms with Crippen molar-refractivity contribution in [2.75, 3.05) is 26.9 Å². The van der Waals surface area contributed by atoms with Crippen LogP contribution in [0, 0.1) is 12.8 Å². The molecular weight excluding hydrogens is 262 g/mol. The van der Waals surface area contributed by atoms with E-state index in [1.807, 2.05) is 0 Å². The van der Waals surface area contributed by atoms with Crippen molar-refractivity contribution in [3.8, 4) is 0 Å². The predicted octanol–water partition coefficient (Wildman–Crippen LogP) is 2.71. The number of hydrogen-bond donors (Lipinski definition) is 1. The van der Waals surface area contributed by atoms with Crippen molar-refractivity contribution in [1.82, 2.24) is 5.32 Å². The molecule has 1 N–H and O–H groups in total. The molecule has 2 aliphatic heterocycles. The highest BCUT2D eigenvalue weighted by Crippen LogP contribution is 2.37. The second-order valence-corrected chi connectivity index (χ2v) is 6.67. The van der Waals surface area contributed by atoms with Crippen LogP contribution < -0.4 is 5.32 Å². The van der Waals surface area contributed by atoms with Gasteiger partial charge in [0.15, 0.2) is 0 Å². The van der Waals surface area contributed by atoms with Gasteiger partial charge in [-0.3, -0.25) is 0 Å². The number of ether oxygens (including phenoxy) is 2. The molecule has 116 valence electrons. The second-order valence-electron chi connectivity index (χ2n) is 6.67. The summed E-state index contributed by atoms with van der Waals surface area (Å²) in [4.78, 5) is 0. The Hall–Kier alpha value is -0.900. The smallest absolute Gasteiger partial charge is 0.0939 e. The van der Waals surface area contributed by atoms with Crippen molar-refractivity contribution < 1.29 is 9.47 Å². The summed E-state index contributed by atoms with van der Waals surface area (Å²) < 4.78 is 11.7.